The molecule has 0 unspecified atom stereocenters. The largest absolute Gasteiger partial charge is 0.326 e. The molecule has 1 aromatic carbocycles. The molecule has 2 N–H and O–H groups in total. The summed E-state index contributed by atoms with van der Waals surface area (Å²) in [7, 11) is 0. The lowest BCUT2D eigenvalue weighted by molar-refractivity contribution is 0.873. The zero-order chi connectivity index (χ0) is 12.4. The summed E-state index contributed by atoms with van der Waals surface area (Å²) in [5.41, 5.74) is 9.98. The summed E-state index contributed by atoms with van der Waals surface area (Å²) in [6.07, 6.45) is 10.1. The van der Waals surface area contributed by atoms with Crippen molar-refractivity contribution in [1.82, 2.24) is 9.78 Å². The average molecular weight is 236 g/mol. The van der Waals surface area contributed by atoms with E-state index in [2.05, 4.69) is 17.6 Å². The average Bonchev–Trinajstić information content (AvgIpc) is 3.08. The van der Waals surface area contributed by atoms with Gasteiger partial charge in [0.1, 0.15) is 0 Å². The van der Waals surface area contributed by atoms with Crippen LogP contribution in [0.25, 0.3) is 11.3 Å². The van der Waals surface area contributed by atoms with E-state index >= 15 is 0 Å². The van der Waals surface area contributed by atoms with E-state index in [0.29, 0.717) is 6.54 Å². The van der Waals surface area contributed by atoms with Crippen molar-refractivity contribution < 1.29 is 0 Å². The number of allylic oxidation sites excluding steroid dienone is 4. The molecule has 0 bridgehead atoms. The highest BCUT2D eigenvalue weighted by Gasteiger charge is 2.13. The lowest BCUT2D eigenvalue weighted by Crippen LogP contribution is -1.98. The lowest BCUT2D eigenvalue weighted by Gasteiger charge is -2.00. The van der Waals surface area contributed by atoms with Crippen LogP contribution < -0.4 is 5.73 Å². The van der Waals surface area contributed by atoms with Crippen LogP contribution in [0, 0.1) is 6.42 Å². The number of nitrogens with zero attached hydrogens (tertiary/aromatic N) is 2. The summed E-state index contributed by atoms with van der Waals surface area (Å²) in [6.45, 7) is 0.493. The summed E-state index contributed by atoms with van der Waals surface area (Å²) >= 11 is 0. The molecule has 2 aromatic rings. The Bertz CT molecular complexity index is 606. The Morgan fingerprint density at radius 3 is 2.61 bits per heavy atom. The first-order valence-corrected chi connectivity index (χ1v) is 5.94. The summed E-state index contributed by atoms with van der Waals surface area (Å²) < 4.78 is 1.88. The van der Waals surface area contributed by atoms with Gasteiger partial charge in [-0.15, -0.1) is 0 Å². The first-order valence-electron chi connectivity index (χ1n) is 5.94. The monoisotopic (exact) mass is 236 g/mol. The highest BCUT2D eigenvalue weighted by atomic mass is 15.3. The molecule has 0 atom stereocenters. The Kier molecular flexibility index (Phi) is 2.82. The molecule has 89 valence electrons. The van der Waals surface area contributed by atoms with Gasteiger partial charge in [-0.2, -0.15) is 5.10 Å². The minimum atomic E-state index is 0.493. The third-order valence-electron chi connectivity index (χ3n) is 2.97. The summed E-state index contributed by atoms with van der Waals surface area (Å²) in [5, 5.41) is 4.63. The van der Waals surface area contributed by atoms with Crippen molar-refractivity contribution in [1.29, 1.82) is 0 Å². The number of hydrogen-bond donors (Lipinski definition) is 1. The second-order valence-corrected chi connectivity index (χ2v) is 4.16. The maximum atomic E-state index is 5.79. The Hall–Kier alpha value is -2.13. The molecule has 1 radical (unpaired) electrons. The first-order chi connectivity index (χ1) is 8.88. The third kappa shape index (κ3) is 1.89. The van der Waals surface area contributed by atoms with Crippen LogP contribution in [0.15, 0.2) is 54.8 Å². The number of hydrogen-bond acceptors (Lipinski definition) is 2. The van der Waals surface area contributed by atoms with Crippen LogP contribution in [0.2, 0.25) is 0 Å². The quantitative estimate of drug-likeness (QED) is 0.889. The van der Waals surface area contributed by atoms with E-state index in [0.717, 1.165) is 22.5 Å². The fourth-order valence-corrected chi connectivity index (χ4v) is 2.05. The Balaban J connectivity index is 2.04. The van der Waals surface area contributed by atoms with Gasteiger partial charge in [0.25, 0.3) is 0 Å². The summed E-state index contributed by atoms with van der Waals surface area (Å²) in [4.78, 5) is 0. The van der Waals surface area contributed by atoms with Crippen molar-refractivity contribution in [2.75, 3.05) is 0 Å². The number of rotatable bonds is 3. The second kappa shape index (κ2) is 4.63. The van der Waals surface area contributed by atoms with Crippen LogP contribution in [0.5, 0.6) is 0 Å². The lowest BCUT2D eigenvalue weighted by atomic mass is 10.1. The molecule has 0 fully saturated rings. The van der Waals surface area contributed by atoms with E-state index in [4.69, 9.17) is 5.73 Å². The molecule has 1 aliphatic carbocycles. The standard InChI is InChI=1S/C15H14N3/c16-10-13-11-18(14-8-2-1-3-9-14)17-15(13)12-6-4-5-7-12/h1-9,11H,10,16H2. The minimum absolute atomic E-state index is 0.493. The van der Waals surface area contributed by atoms with Gasteiger partial charge in [-0.1, -0.05) is 36.4 Å². The van der Waals surface area contributed by atoms with Crippen molar-refractivity contribution in [2.45, 2.75) is 6.54 Å². The van der Waals surface area contributed by atoms with Gasteiger partial charge >= 0.3 is 0 Å². The molecule has 18 heavy (non-hydrogen) atoms. The molecule has 0 aliphatic heterocycles. The zero-order valence-electron chi connectivity index (χ0n) is 9.95. The minimum Gasteiger partial charge on any atom is -0.326 e. The van der Waals surface area contributed by atoms with E-state index in [9.17, 15) is 0 Å². The SMILES string of the molecule is NCc1cn(-c2ccccc2)nc1C1=CC=C[CH]1. The maximum Gasteiger partial charge on any atom is 0.0938 e. The normalized spacial score (nSPS) is 13.9. The molecule has 1 heterocycles. The number of nitrogens with two attached hydrogens (primary N) is 1. The van der Waals surface area contributed by atoms with Crippen molar-refractivity contribution in [3.63, 3.8) is 0 Å². The van der Waals surface area contributed by atoms with E-state index < -0.39 is 0 Å². The Morgan fingerprint density at radius 1 is 1.11 bits per heavy atom. The zero-order valence-corrected chi connectivity index (χ0v) is 9.95. The topological polar surface area (TPSA) is 43.8 Å². The van der Waals surface area contributed by atoms with Crippen LogP contribution in [-0.4, -0.2) is 9.78 Å². The van der Waals surface area contributed by atoms with Crippen LogP contribution in [-0.2, 0) is 6.54 Å². The highest BCUT2D eigenvalue weighted by Crippen LogP contribution is 2.25. The van der Waals surface area contributed by atoms with E-state index in [-0.39, 0.29) is 0 Å². The fourth-order valence-electron chi connectivity index (χ4n) is 2.05. The smallest absolute Gasteiger partial charge is 0.0938 e. The predicted octanol–water partition coefficient (Wildman–Crippen LogP) is 2.49. The number of benzene rings is 1. The predicted molar refractivity (Wildman–Crippen MR) is 72.9 cm³/mol. The molecule has 0 amide bonds. The van der Waals surface area contributed by atoms with E-state index in [1.165, 1.54) is 0 Å². The van der Waals surface area contributed by atoms with Gasteiger partial charge in [0.2, 0.25) is 0 Å². The third-order valence-corrected chi connectivity index (χ3v) is 2.97. The highest BCUT2D eigenvalue weighted by molar-refractivity contribution is 5.77. The van der Waals surface area contributed by atoms with Crippen LogP contribution in [0.3, 0.4) is 0 Å². The van der Waals surface area contributed by atoms with Gasteiger partial charge < -0.3 is 5.73 Å². The molecule has 0 saturated carbocycles. The summed E-state index contributed by atoms with van der Waals surface area (Å²) in [6, 6.07) is 10.1. The molecule has 3 heteroatoms. The molecule has 3 rings (SSSR count). The van der Waals surface area contributed by atoms with Crippen molar-refractivity contribution >= 4 is 5.57 Å². The molecule has 1 aliphatic rings. The first kappa shape index (κ1) is 11.0. The van der Waals surface area contributed by atoms with Crippen molar-refractivity contribution in [3.05, 3.63) is 72.4 Å². The number of aromatic nitrogens is 2. The van der Waals surface area contributed by atoms with Crippen LogP contribution in [0.1, 0.15) is 11.3 Å². The fraction of sp³-hybridized carbons (Fsp3) is 0.0667. The Morgan fingerprint density at radius 2 is 1.94 bits per heavy atom. The number of para-hydroxylation sites is 1. The van der Waals surface area contributed by atoms with Crippen molar-refractivity contribution in [3.8, 4) is 5.69 Å². The summed E-state index contributed by atoms with van der Waals surface area (Å²) in [5.74, 6) is 0. The molecule has 0 saturated heterocycles. The van der Waals surface area contributed by atoms with Crippen LogP contribution >= 0.6 is 0 Å². The molecule has 3 nitrogen and oxygen atoms in total. The van der Waals surface area contributed by atoms with Gasteiger partial charge in [-0.25, -0.2) is 4.68 Å². The van der Waals surface area contributed by atoms with Gasteiger partial charge in [0, 0.05) is 24.7 Å². The van der Waals surface area contributed by atoms with Gasteiger partial charge in [0.15, 0.2) is 0 Å². The Labute approximate surface area is 106 Å². The molecular weight excluding hydrogens is 222 g/mol. The molecular formula is C15H14N3. The maximum absolute atomic E-state index is 5.79. The van der Waals surface area contributed by atoms with E-state index in [1.807, 2.05) is 53.4 Å². The van der Waals surface area contributed by atoms with Crippen LogP contribution in [0.4, 0.5) is 0 Å². The van der Waals surface area contributed by atoms with Gasteiger partial charge in [-0.3, -0.25) is 0 Å². The van der Waals surface area contributed by atoms with Crippen molar-refractivity contribution in [2.24, 2.45) is 5.73 Å². The van der Waals surface area contributed by atoms with Gasteiger partial charge in [-0.05, 0) is 17.7 Å². The van der Waals surface area contributed by atoms with E-state index in [1.54, 1.807) is 0 Å². The second-order valence-electron chi connectivity index (χ2n) is 4.16. The molecule has 0 spiro atoms. The van der Waals surface area contributed by atoms with Gasteiger partial charge in [0.05, 0.1) is 11.4 Å². The molecule has 1 aromatic heterocycles.